The van der Waals surface area contributed by atoms with Gasteiger partial charge in [-0.25, -0.2) is 0 Å². The van der Waals surface area contributed by atoms with E-state index < -0.39 is 0 Å². The molecule has 1 atom stereocenters. The lowest BCUT2D eigenvalue weighted by Crippen LogP contribution is -2.24. The maximum Gasteiger partial charge on any atom is 0.0144 e. The Hall–Kier alpha value is -0.460. The van der Waals surface area contributed by atoms with Gasteiger partial charge in [0.2, 0.25) is 0 Å². The summed E-state index contributed by atoms with van der Waals surface area (Å²) < 4.78 is 0. The van der Waals surface area contributed by atoms with Crippen LogP contribution in [-0.2, 0) is 0 Å². The molecule has 0 aliphatic carbocycles. The van der Waals surface area contributed by atoms with Crippen molar-refractivity contribution >= 4 is 0 Å². The van der Waals surface area contributed by atoms with Crippen LogP contribution in [0, 0.1) is 5.92 Å². The third-order valence-corrected chi connectivity index (χ3v) is 1.76. The zero-order chi connectivity index (χ0) is 7.98. The van der Waals surface area contributed by atoms with Crippen LogP contribution in [-0.4, -0.2) is 6.54 Å². The third kappa shape index (κ3) is 2.90. The third-order valence-electron chi connectivity index (χ3n) is 1.76. The number of hydrogen-bond acceptors (Lipinski definition) is 1. The van der Waals surface area contributed by atoms with Gasteiger partial charge in [0.15, 0.2) is 0 Å². The topological polar surface area (TPSA) is 12.0 Å². The van der Waals surface area contributed by atoms with Crippen molar-refractivity contribution in [2.24, 2.45) is 5.92 Å². The molecule has 1 unspecified atom stereocenters. The quantitative estimate of drug-likeness (QED) is 0.546. The summed E-state index contributed by atoms with van der Waals surface area (Å²) in [5.41, 5.74) is 1.22. The molecule has 10 heavy (non-hydrogen) atoms. The molecule has 60 valence electrons. The largest absolute Gasteiger partial charge is 0.389 e. The Morgan fingerprint density at radius 1 is 1.50 bits per heavy atom. The van der Waals surface area contributed by atoms with Crippen LogP contribution >= 0.6 is 0 Å². The Kier molecular flexibility index (Phi) is 5.09. The highest BCUT2D eigenvalue weighted by Gasteiger charge is 2.09. The van der Waals surface area contributed by atoms with Crippen molar-refractivity contribution in [3.8, 4) is 0 Å². The highest BCUT2D eigenvalue weighted by Crippen LogP contribution is 2.15. The second kappa shape index (κ2) is 5.33. The lowest BCUT2D eigenvalue weighted by atomic mass is 9.99. The van der Waals surface area contributed by atoms with E-state index in [2.05, 4.69) is 18.8 Å². The Morgan fingerprint density at radius 2 is 2.10 bits per heavy atom. The van der Waals surface area contributed by atoms with Crippen LogP contribution in [0.3, 0.4) is 0 Å². The minimum atomic E-state index is 0.698. The molecule has 1 heterocycles. The summed E-state index contributed by atoms with van der Waals surface area (Å²) in [4.78, 5) is 0. The van der Waals surface area contributed by atoms with E-state index in [9.17, 15) is 0 Å². The van der Waals surface area contributed by atoms with E-state index in [0.29, 0.717) is 5.92 Å². The fourth-order valence-corrected chi connectivity index (χ4v) is 1.01. The molecule has 1 heteroatoms. The van der Waals surface area contributed by atoms with Crippen molar-refractivity contribution < 1.29 is 0 Å². The Morgan fingerprint density at radius 3 is 2.40 bits per heavy atom. The summed E-state index contributed by atoms with van der Waals surface area (Å²) in [5.74, 6) is 0.698. The van der Waals surface area contributed by atoms with Crippen molar-refractivity contribution in [3.05, 3.63) is 12.3 Å². The first kappa shape index (κ1) is 9.54. The van der Waals surface area contributed by atoms with Crippen LogP contribution in [0.4, 0.5) is 0 Å². The van der Waals surface area contributed by atoms with Crippen molar-refractivity contribution in [2.75, 3.05) is 6.54 Å². The minimum absolute atomic E-state index is 0.698. The Labute approximate surface area is 64.5 Å². The average molecular weight is 141 g/mol. The zero-order valence-electron chi connectivity index (χ0n) is 7.41. The smallest absolute Gasteiger partial charge is 0.0144 e. The van der Waals surface area contributed by atoms with Crippen molar-refractivity contribution in [1.82, 2.24) is 5.32 Å². The van der Waals surface area contributed by atoms with E-state index in [-0.39, 0.29) is 0 Å². The normalized spacial score (nSPS) is 24.3. The molecule has 0 aromatic carbocycles. The monoisotopic (exact) mass is 141 g/mol. The van der Waals surface area contributed by atoms with Gasteiger partial charge in [-0.05, 0) is 18.8 Å². The number of rotatable bonds is 0. The average Bonchev–Trinajstić information content (AvgIpc) is 2.00. The molecule has 1 fully saturated rings. The number of piperidine rings is 1. The first-order chi connectivity index (χ1) is 4.80. The Bertz CT molecular complexity index is 96.9. The van der Waals surface area contributed by atoms with Crippen LogP contribution in [0.15, 0.2) is 12.3 Å². The number of allylic oxidation sites excluding steroid dienone is 1. The van der Waals surface area contributed by atoms with E-state index in [1.807, 2.05) is 13.8 Å². The summed E-state index contributed by atoms with van der Waals surface area (Å²) in [6, 6.07) is 0. The molecule has 0 spiro atoms. The van der Waals surface area contributed by atoms with Gasteiger partial charge in [-0.1, -0.05) is 27.4 Å². The minimum Gasteiger partial charge on any atom is -0.389 e. The predicted octanol–water partition coefficient (Wildman–Crippen LogP) is 2.55. The molecule has 1 nitrogen and oxygen atoms in total. The lowest BCUT2D eigenvalue weighted by Gasteiger charge is -2.21. The number of hydrogen-bond donors (Lipinski definition) is 1. The molecule has 0 bridgehead atoms. The van der Waals surface area contributed by atoms with Gasteiger partial charge in [0.25, 0.3) is 0 Å². The van der Waals surface area contributed by atoms with Crippen molar-refractivity contribution in [3.63, 3.8) is 0 Å². The standard InChI is InChI=1S/C7H13N.C2H6/c1-6-4-3-5-8-7(6)2;1-2/h6,8H,2-5H2,1H3;1-2H3. The summed E-state index contributed by atoms with van der Waals surface area (Å²) in [6.07, 6.45) is 2.62. The molecule has 0 radical (unpaired) electrons. The molecule has 1 N–H and O–H groups in total. The Balaban J connectivity index is 0.000000371. The molecule has 0 aromatic rings. The fourth-order valence-electron chi connectivity index (χ4n) is 1.01. The highest BCUT2D eigenvalue weighted by molar-refractivity contribution is 4.98. The van der Waals surface area contributed by atoms with Gasteiger partial charge in [0.05, 0.1) is 0 Å². The molecular formula is C9H19N. The van der Waals surface area contributed by atoms with E-state index in [4.69, 9.17) is 0 Å². The van der Waals surface area contributed by atoms with Crippen LogP contribution in [0.5, 0.6) is 0 Å². The molecule has 1 aliphatic rings. The first-order valence-corrected chi connectivity index (χ1v) is 4.23. The van der Waals surface area contributed by atoms with Crippen LogP contribution in [0.25, 0.3) is 0 Å². The van der Waals surface area contributed by atoms with Crippen molar-refractivity contribution in [2.45, 2.75) is 33.6 Å². The molecule has 1 aliphatic heterocycles. The van der Waals surface area contributed by atoms with Crippen LogP contribution in [0.2, 0.25) is 0 Å². The van der Waals surface area contributed by atoms with Crippen LogP contribution < -0.4 is 5.32 Å². The van der Waals surface area contributed by atoms with E-state index in [1.54, 1.807) is 0 Å². The van der Waals surface area contributed by atoms with Crippen molar-refractivity contribution in [1.29, 1.82) is 0 Å². The van der Waals surface area contributed by atoms with Gasteiger partial charge in [0.1, 0.15) is 0 Å². The number of nitrogens with one attached hydrogen (secondary N) is 1. The maximum atomic E-state index is 3.88. The highest BCUT2D eigenvalue weighted by atomic mass is 14.9. The van der Waals surface area contributed by atoms with Gasteiger partial charge in [-0.15, -0.1) is 0 Å². The SMILES string of the molecule is C=C1NCCCC1C.CC. The van der Waals surface area contributed by atoms with Gasteiger partial charge in [-0.3, -0.25) is 0 Å². The second-order valence-corrected chi connectivity index (χ2v) is 2.50. The maximum absolute atomic E-state index is 3.88. The zero-order valence-corrected chi connectivity index (χ0v) is 7.41. The molecule has 1 rings (SSSR count). The lowest BCUT2D eigenvalue weighted by molar-refractivity contribution is 0.475. The van der Waals surface area contributed by atoms with E-state index >= 15 is 0 Å². The summed E-state index contributed by atoms with van der Waals surface area (Å²) in [5, 5.41) is 3.24. The van der Waals surface area contributed by atoms with Gasteiger partial charge >= 0.3 is 0 Å². The summed E-state index contributed by atoms with van der Waals surface area (Å²) in [6.45, 7) is 11.2. The summed E-state index contributed by atoms with van der Waals surface area (Å²) in [7, 11) is 0. The molecular weight excluding hydrogens is 122 g/mol. The van der Waals surface area contributed by atoms with Gasteiger partial charge in [-0.2, -0.15) is 0 Å². The second-order valence-electron chi connectivity index (χ2n) is 2.50. The molecule has 0 amide bonds. The van der Waals surface area contributed by atoms with E-state index in [1.165, 1.54) is 18.5 Å². The predicted molar refractivity (Wildman–Crippen MR) is 46.9 cm³/mol. The van der Waals surface area contributed by atoms with Gasteiger partial charge < -0.3 is 5.32 Å². The van der Waals surface area contributed by atoms with Gasteiger partial charge in [0, 0.05) is 12.2 Å². The first-order valence-electron chi connectivity index (χ1n) is 4.23. The molecule has 0 aromatic heterocycles. The van der Waals surface area contributed by atoms with Crippen LogP contribution in [0.1, 0.15) is 33.6 Å². The fraction of sp³-hybridized carbons (Fsp3) is 0.778. The summed E-state index contributed by atoms with van der Waals surface area (Å²) >= 11 is 0. The molecule has 0 saturated carbocycles. The van der Waals surface area contributed by atoms with E-state index in [0.717, 1.165) is 6.54 Å². The molecule has 1 saturated heterocycles.